The number of rotatable bonds is 6. The predicted octanol–water partition coefficient (Wildman–Crippen LogP) is 2.02. The molecule has 1 aliphatic heterocycles. The Morgan fingerprint density at radius 2 is 2.05 bits per heavy atom. The zero-order valence-corrected chi connectivity index (χ0v) is 13.7. The molecule has 1 aromatic heterocycles. The Labute approximate surface area is 126 Å². The van der Waals surface area contributed by atoms with E-state index in [1.54, 1.807) is 0 Å². The summed E-state index contributed by atoms with van der Waals surface area (Å²) in [6, 6.07) is -0.0542. The molecule has 1 aromatic rings. The molecule has 21 heavy (non-hydrogen) atoms. The first kappa shape index (κ1) is 16.0. The summed E-state index contributed by atoms with van der Waals surface area (Å²) in [7, 11) is -2.89. The Hall–Kier alpha value is -1.37. The molecule has 0 radical (unpaired) electrons. The maximum Gasteiger partial charge on any atom is 0.152 e. The van der Waals surface area contributed by atoms with Crippen LogP contribution in [0, 0.1) is 0 Å². The van der Waals surface area contributed by atoms with E-state index in [9.17, 15) is 8.42 Å². The first-order chi connectivity index (χ1) is 9.93. The fraction of sp³-hybridized carbons (Fsp3) is 0.714. The Balaban J connectivity index is 2.22. The van der Waals surface area contributed by atoms with Crippen LogP contribution in [0.4, 0.5) is 11.6 Å². The second-order valence-corrected chi connectivity index (χ2v) is 8.04. The number of nitrogens with zero attached hydrogens (tertiary/aromatic N) is 2. The largest absolute Gasteiger partial charge is 0.370 e. The molecule has 6 nitrogen and oxygen atoms in total. The third-order valence-electron chi connectivity index (χ3n) is 3.58. The zero-order chi connectivity index (χ0) is 15.5. The van der Waals surface area contributed by atoms with Gasteiger partial charge in [-0.15, -0.1) is 0 Å². The molecule has 0 bridgehead atoms. The van der Waals surface area contributed by atoms with Crippen molar-refractivity contribution in [3.05, 3.63) is 11.9 Å². The van der Waals surface area contributed by atoms with Crippen molar-refractivity contribution in [2.24, 2.45) is 0 Å². The van der Waals surface area contributed by atoms with Gasteiger partial charge >= 0.3 is 0 Å². The van der Waals surface area contributed by atoms with Gasteiger partial charge in [-0.25, -0.2) is 18.4 Å². The van der Waals surface area contributed by atoms with E-state index in [1.165, 1.54) is 6.33 Å². The summed E-state index contributed by atoms with van der Waals surface area (Å²) in [5.41, 5.74) is 1.02. The van der Waals surface area contributed by atoms with E-state index in [2.05, 4.69) is 41.4 Å². The maximum atomic E-state index is 11.6. The maximum absolute atomic E-state index is 11.6. The van der Waals surface area contributed by atoms with Gasteiger partial charge in [0.05, 0.1) is 11.5 Å². The number of hydrogen-bond acceptors (Lipinski definition) is 6. The molecule has 2 rings (SSSR count). The third kappa shape index (κ3) is 4.06. The van der Waals surface area contributed by atoms with Crippen molar-refractivity contribution in [3.8, 4) is 0 Å². The monoisotopic (exact) mass is 312 g/mol. The smallest absolute Gasteiger partial charge is 0.152 e. The minimum absolute atomic E-state index is 0.0542. The molecule has 1 fully saturated rings. The first-order valence-corrected chi connectivity index (χ1v) is 9.30. The molecular weight excluding hydrogens is 288 g/mol. The molecule has 0 spiro atoms. The Kier molecular flexibility index (Phi) is 5.03. The quantitative estimate of drug-likeness (QED) is 0.836. The highest BCUT2D eigenvalue weighted by Gasteiger charge is 2.29. The molecule has 0 saturated carbocycles. The standard InChI is InChI=1S/C14H24N4O2S/c1-4-6-15-13-12(10(2)3)14(17-9-16-13)18-11-5-7-21(19,20)8-11/h9-11H,4-8H2,1-3H3,(H2,15,16,17,18). The summed E-state index contributed by atoms with van der Waals surface area (Å²) >= 11 is 0. The molecule has 2 N–H and O–H groups in total. The Morgan fingerprint density at radius 1 is 1.33 bits per heavy atom. The first-order valence-electron chi connectivity index (χ1n) is 7.48. The lowest BCUT2D eigenvalue weighted by Crippen LogP contribution is -2.23. The van der Waals surface area contributed by atoms with E-state index in [0.29, 0.717) is 6.42 Å². The van der Waals surface area contributed by atoms with Gasteiger partial charge in [-0.05, 0) is 18.8 Å². The summed E-state index contributed by atoms with van der Waals surface area (Å²) in [5, 5.41) is 6.61. The van der Waals surface area contributed by atoms with Gasteiger partial charge in [0.1, 0.15) is 18.0 Å². The molecule has 1 aliphatic rings. The van der Waals surface area contributed by atoms with Gasteiger partial charge in [0.15, 0.2) is 9.84 Å². The minimum Gasteiger partial charge on any atom is -0.370 e. The van der Waals surface area contributed by atoms with E-state index >= 15 is 0 Å². The lowest BCUT2D eigenvalue weighted by atomic mass is 10.0. The molecule has 1 unspecified atom stereocenters. The number of sulfone groups is 1. The van der Waals surface area contributed by atoms with E-state index in [0.717, 1.165) is 30.2 Å². The summed E-state index contributed by atoms with van der Waals surface area (Å²) < 4.78 is 23.1. The van der Waals surface area contributed by atoms with Gasteiger partial charge in [-0.3, -0.25) is 0 Å². The molecule has 118 valence electrons. The SMILES string of the molecule is CCCNc1ncnc(NC2CCS(=O)(=O)C2)c1C(C)C. The van der Waals surface area contributed by atoms with Crippen molar-refractivity contribution in [3.63, 3.8) is 0 Å². The van der Waals surface area contributed by atoms with Crippen molar-refractivity contribution in [1.29, 1.82) is 0 Å². The van der Waals surface area contributed by atoms with E-state index in [-0.39, 0.29) is 23.5 Å². The van der Waals surface area contributed by atoms with Gasteiger partial charge < -0.3 is 10.6 Å². The molecule has 1 saturated heterocycles. The Morgan fingerprint density at radius 3 is 2.62 bits per heavy atom. The van der Waals surface area contributed by atoms with Crippen molar-refractivity contribution in [1.82, 2.24) is 9.97 Å². The second-order valence-electron chi connectivity index (χ2n) is 5.81. The van der Waals surface area contributed by atoms with E-state index in [4.69, 9.17) is 0 Å². The lowest BCUT2D eigenvalue weighted by molar-refractivity contribution is 0.602. The molecule has 2 heterocycles. The van der Waals surface area contributed by atoms with Crippen LogP contribution in [0.2, 0.25) is 0 Å². The van der Waals surface area contributed by atoms with Crippen LogP contribution in [-0.2, 0) is 9.84 Å². The van der Waals surface area contributed by atoms with E-state index < -0.39 is 9.84 Å². The van der Waals surface area contributed by atoms with Crippen LogP contribution in [0.25, 0.3) is 0 Å². The summed E-state index contributed by atoms with van der Waals surface area (Å²) in [5.74, 6) is 2.29. The van der Waals surface area contributed by atoms with Crippen molar-refractivity contribution in [2.75, 3.05) is 28.7 Å². The van der Waals surface area contributed by atoms with Crippen molar-refractivity contribution < 1.29 is 8.42 Å². The van der Waals surface area contributed by atoms with E-state index in [1.807, 2.05) is 0 Å². The van der Waals surface area contributed by atoms with Crippen LogP contribution in [0.1, 0.15) is 45.1 Å². The van der Waals surface area contributed by atoms with Gasteiger partial charge in [0.25, 0.3) is 0 Å². The van der Waals surface area contributed by atoms with Crippen LogP contribution in [0.5, 0.6) is 0 Å². The van der Waals surface area contributed by atoms with Gasteiger partial charge in [0.2, 0.25) is 0 Å². The highest BCUT2D eigenvalue weighted by molar-refractivity contribution is 7.91. The molecule has 0 amide bonds. The number of hydrogen-bond donors (Lipinski definition) is 2. The van der Waals surface area contributed by atoms with Crippen LogP contribution >= 0.6 is 0 Å². The number of anilines is 2. The fourth-order valence-corrected chi connectivity index (χ4v) is 4.22. The Bertz CT molecular complexity index is 587. The summed E-state index contributed by atoms with van der Waals surface area (Å²) in [6.45, 7) is 7.14. The topological polar surface area (TPSA) is 84.0 Å². The molecule has 7 heteroatoms. The van der Waals surface area contributed by atoms with Crippen molar-refractivity contribution in [2.45, 2.75) is 45.6 Å². The van der Waals surface area contributed by atoms with Crippen LogP contribution < -0.4 is 10.6 Å². The predicted molar refractivity (Wildman–Crippen MR) is 85.6 cm³/mol. The average molecular weight is 312 g/mol. The highest BCUT2D eigenvalue weighted by atomic mass is 32.2. The average Bonchev–Trinajstić information content (AvgIpc) is 2.75. The molecule has 1 atom stereocenters. The van der Waals surface area contributed by atoms with Gasteiger partial charge in [-0.1, -0.05) is 20.8 Å². The van der Waals surface area contributed by atoms with Gasteiger partial charge in [0, 0.05) is 18.2 Å². The third-order valence-corrected chi connectivity index (χ3v) is 5.34. The second kappa shape index (κ2) is 6.60. The van der Waals surface area contributed by atoms with Gasteiger partial charge in [-0.2, -0.15) is 0 Å². The van der Waals surface area contributed by atoms with Crippen LogP contribution in [0.3, 0.4) is 0 Å². The summed E-state index contributed by atoms with van der Waals surface area (Å²) in [4.78, 5) is 8.64. The number of nitrogens with one attached hydrogen (secondary N) is 2. The molecular formula is C14H24N4O2S. The normalized spacial score (nSPS) is 20.7. The molecule has 0 aromatic carbocycles. The summed E-state index contributed by atoms with van der Waals surface area (Å²) in [6.07, 6.45) is 3.18. The minimum atomic E-state index is -2.89. The van der Waals surface area contributed by atoms with Crippen LogP contribution in [-0.4, -0.2) is 42.5 Å². The number of aromatic nitrogens is 2. The highest BCUT2D eigenvalue weighted by Crippen LogP contribution is 2.29. The molecule has 0 aliphatic carbocycles. The zero-order valence-electron chi connectivity index (χ0n) is 12.9. The van der Waals surface area contributed by atoms with Crippen molar-refractivity contribution >= 4 is 21.5 Å². The lowest BCUT2D eigenvalue weighted by Gasteiger charge is -2.20. The van der Waals surface area contributed by atoms with Crippen LogP contribution in [0.15, 0.2) is 6.33 Å². The fourth-order valence-electron chi connectivity index (χ4n) is 2.54.